The summed E-state index contributed by atoms with van der Waals surface area (Å²) in [4.78, 5) is 11.1. The van der Waals surface area contributed by atoms with Crippen LogP contribution < -0.4 is 4.90 Å². The monoisotopic (exact) mass is 575 g/mol. The Hall–Kier alpha value is -3.60. The number of aryl methyl sites for hydroxylation is 2. The highest BCUT2D eigenvalue weighted by Gasteiger charge is 2.36. The van der Waals surface area contributed by atoms with Crippen molar-refractivity contribution in [3.8, 4) is 11.3 Å². The van der Waals surface area contributed by atoms with Crippen molar-refractivity contribution in [2.75, 3.05) is 24.5 Å². The van der Waals surface area contributed by atoms with Gasteiger partial charge in [-0.3, -0.25) is 0 Å². The lowest BCUT2D eigenvalue weighted by Gasteiger charge is -2.30. The van der Waals surface area contributed by atoms with Gasteiger partial charge < -0.3 is 14.6 Å². The Morgan fingerprint density at radius 2 is 1.76 bits per heavy atom. The van der Waals surface area contributed by atoms with Crippen LogP contribution in [-0.4, -0.2) is 58.1 Å². The zero-order chi connectivity index (χ0) is 28.4. The van der Waals surface area contributed by atoms with Gasteiger partial charge in [-0.15, -0.1) is 0 Å². The van der Waals surface area contributed by atoms with Crippen LogP contribution in [-0.2, 0) is 23.0 Å². The summed E-state index contributed by atoms with van der Waals surface area (Å²) in [6.07, 6.45) is 8.43. The Morgan fingerprint density at radius 3 is 2.51 bits per heavy atom. The molecular weight excluding hydrogens is 541 g/mol. The lowest BCUT2D eigenvalue weighted by atomic mass is 10.0. The highest BCUT2D eigenvalue weighted by Crippen LogP contribution is 2.38. The molecule has 10 heteroatoms. The molecule has 2 fully saturated rings. The van der Waals surface area contributed by atoms with Crippen LogP contribution in [0.1, 0.15) is 42.9 Å². The molecule has 4 heterocycles. The Labute approximate surface area is 240 Å². The Balaban J connectivity index is 1.19. The minimum Gasteiger partial charge on any atom is -0.393 e. The smallest absolute Gasteiger partial charge is 0.245 e. The number of piperidine rings is 1. The summed E-state index contributed by atoms with van der Waals surface area (Å²) in [5, 5.41) is 9.78. The van der Waals surface area contributed by atoms with Gasteiger partial charge in [-0.05, 0) is 73.6 Å². The summed E-state index contributed by atoms with van der Waals surface area (Å²) in [5.74, 6) is 0.488. The number of sulfonamides is 1. The number of anilines is 1. The zero-order valence-corrected chi connectivity index (χ0v) is 23.6. The second-order valence-electron chi connectivity index (χ2n) is 10.8. The van der Waals surface area contributed by atoms with E-state index in [1.807, 2.05) is 24.4 Å². The van der Waals surface area contributed by atoms with Gasteiger partial charge in [-0.25, -0.2) is 22.8 Å². The largest absolute Gasteiger partial charge is 0.393 e. The summed E-state index contributed by atoms with van der Waals surface area (Å²) in [6, 6.07) is 17.7. The molecule has 41 heavy (non-hydrogen) atoms. The molecule has 0 aliphatic carbocycles. The second kappa shape index (κ2) is 11.7. The third kappa shape index (κ3) is 5.91. The molecule has 1 unspecified atom stereocenters. The van der Waals surface area contributed by atoms with Gasteiger partial charge in [0.25, 0.3) is 0 Å². The number of pyridine rings is 1. The first-order valence-corrected chi connectivity index (χ1v) is 15.6. The van der Waals surface area contributed by atoms with Crippen LogP contribution >= 0.6 is 0 Å². The van der Waals surface area contributed by atoms with E-state index in [1.165, 1.54) is 18.3 Å². The van der Waals surface area contributed by atoms with Gasteiger partial charge >= 0.3 is 0 Å². The van der Waals surface area contributed by atoms with E-state index in [9.17, 15) is 17.9 Å². The SMILES string of the molecule is O=S(=O)(c1ccc(N2CCC(O)CC2)nc1)N1CCCC1c1cccc(-c2cncn2CCc2ccc(F)cc2)c1. The fourth-order valence-corrected chi connectivity index (χ4v) is 7.48. The average Bonchev–Trinajstić information content (AvgIpc) is 3.68. The Kier molecular flexibility index (Phi) is 7.88. The lowest BCUT2D eigenvalue weighted by molar-refractivity contribution is 0.145. The number of halogens is 1. The molecule has 1 N–H and O–H groups in total. The molecule has 2 aliphatic rings. The Morgan fingerprint density at radius 1 is 0.951 bits per heavy atom. The van der Waals surface area contributed by atoms with Gasteiger partial charge in [0.2, 0.25) is 10.0 Å². The number of hydrogen-bond acceptors (Lipinski definition) is 6. The first-order chi connectivity index (χ1) is 19.9. The molecule has 2 aromatic heterocycles. The minimum absolute atomic E-state index is 0.195. The van der Waals surface area contributed by atoms with E-state index in [1.54, 1.807) is 34.9 Å². The van der Waals surface area contributed by atoms with E-state index in [0.717, 1.165) is 47.5 Å². The predicted octanol–water partition coefficient (Wildman–Crippen LogP) is 4.81. The van der Waals surface area contributed by atoms with Crippen LogP contribution in [0.25, 0.3) is 11.3 Å². The fourth-order valence-electron chi connectivity index (χ4n) is 5.85. The molecule has 214 valence electrons. The first kappa shape index (κ1) is 27.6. The molecular formula is C31H34FN5O3S. The summed E-state index contributed by atoms with van der Waals surface area (Å²) >= 11 is 0. The number of aliphatic hydroxyl groups is 1. The molecule has 0 amide bonds. The van der Waals surface area contributed by atoms with E-state index >= 15 is 0 Å². The van der Waals surface area contributed by atoms with Crippen LogP contribution in [0, 0.1) is 5.82 Å². The quantitative estimate of drug-likeness (QED) is 0.324. The summed E-state index contributed by atoms with van der Waals surface area (Å²) < 4.78 is 44.5. The molecule has 6 rings (SSSR count). The molecule has 8 nitrogen and oxygen atoms in total. The number of aromatic nitrogens is 3. The molecule has 2 aromatic carbocycles. The maximum absolute atomic E-state index is 13.8. The summed E-state index contributed by atoms with van der Waals surface area (Å²) in [5.41, 5.74) is 3.92. The molecule has 0 bridgehead atoms. The van der Waals surface area contributed by atoms with Crippen molar-refractivity contribution in [1.82, 2.24) is 18.8 Å². The van der Waals surface area contributed by atoms with Crippen LogP contribution in [0.3, 0.4) is 0 Å². The van der Waals surface area contributed by atoms with Crippen LogP contribution in [0.2, 0.25) is 0 Å². The van der Waals surface area contributed by atoms with Gasteiger partial charge in [0, 0.05) is 37.9 Å². The maximum Gasteiger partial charge on any atom is 0.245 e. The van der Waals surface area contributed by atoms with Crippen molar-refractivity contribution in [3.05, 3.63) is 96.3 Å². The molecule has 0 spiro atoms. The molecule has 1 atom stereocenters. The van der Waals surface area contributed by atoms with Crippen molar-refractivity contribution >= 4 is 15.8 Å². The summed E-state index contributed by atoms with van der Waals surface area (Å²) in [6.45, 7) is 2.56. The van der Waals surface area contributed by atoms with Crippen molar-refractivity contribution < 1.29 is 17.9 Å². The maximum atomic E-state index is 13.8. The van der Waals surface area contributed by atoms with Crippen LogP contribution in [0.4, 0.5) is 10.2 Å². The number of hydrogen-bond donors (Lipinski definition) is 1. The number of aliphatic hydroxyl groups excluding tert-OH is 1. The zero-order valence-electron chi connectivity index (χ0n) is 22.8. The molecule has 0 saturated carbocycles. The number of rotatable bonds is 8. The normalized spacial score (nSPS) is 18.7. The van der Waals surface area contributed by atoms with E-state index in [-0.39, 0.29) is 22.9 Å². The third-order valence-electron chi connectivity index (χ3n) is 8.15. The van der Waals surface area contributed by atoms with E-state index in [4.69, 9.17) is 0 Å². The number of benzene rings is 2. The van der Waals surface area contributed by atoms with Gasteiger partial charge in [0.05, 0.1) is 30.4 Å². The molecule has 2 aliphatic heterocycles. The highest BCUT2D eigenvalue weighted by molar-refractivity contribution is 7.89. The molecule has 0 radical (unpaired) electrons. The average molecular weight is 576 g/mol. The molecule has 4 aromatic rings. The van der Waals surface area contributed by atoms with Crippen LogP contribution in [0.15, 0.2) is 84.3 Å². The first-order valence-electron chi connectivity index (χ1n) is 14.1. The predicted molar refractivity (Wildman–Crippen MR) is 155 cm³/mol. The van der Waals surface area contributed by atoms with E-state index in [2.05, 4.69) is 25.5 Å². The molecule has 2 saturated heterocycles. The van der Waals surface area contributed by atoms with Gasteiger partial charge in [-0.1, -0.05) is 30.3 Å². The van der Waals surface area contributed by atoms with Gasteiger partial charge in [0.15, 0.2) is 0 Å². The second-order valence-corrected chi connectivity index (χ2v) is 12.7. The van der Waals surface area contributed by atoms with Gasteiger partial charge in [-0.2, -0.15) is 4.31 Å². The van der Waals surface area contributed by atoms with Crippen molar-refractivity contribution in [1.29, 1.82) is 0 Å². The highest BCUT2D eigenvalue weighted by atomic mass is 32.2. The van der Waals surface area contributed by atoms with Crippen molar-refractivity contribution in [2.45, 2.75) is 55.7 Å². The Bertz CT molecular complexity index is 1580. The fraction of sp³-hybridized carbons (Fsp3) is 0.355. The standard InChI is InChI=1S/C31H34FN5O3S/c32-26-8-6-23(7-9-26)12-16-36-22-33-21-30(36)25-4-1-3-24(19-25)29-5-2-15-37(29)41(39,40)28-10-11-31(34-20-28)35-17-13-27(38)14-18-35/h1,3-4,6-11,19-22,27,29,38H,2,5,12-18H2. The minimum atomic E-state index is -3.74. The van der Waals surface area contributed by atoms with E-state index in [0.29, 0.717) is 39.0 Å². The number of nitrogens with zero attached hydrogens (tertiary/aromatic N) is 5. The summed E-state index contributed by atoms with van der Waals surface area (Å²) in [7, 11) is -3.74. The third-order valence-corrected chi connectivity index (χ3v) is 10.0. The van der Waals surface area contributed by atoms with Crippen molar-refractivity contribution in [3.63, 3.8) is 0 Å². The van der Waals surface area contributed by atoms with Crippen LogP contribution in [0.5, 0.6) is 0 Å². The van der Waals surface area contributed by atoms with Crippen molar-refractivity contribution in [2.24, 2.45) is 0 Å². The topological polar surface area (TPSA) is 91.6 Å². The van der Waals surface area contributed by atoms with E-state index < -0.39 is 10.0 Å². The van der Waals surface area contributed by atoms with Gasteiger partial charge in [0.1, 0.15) is 16.5 Å². The number of imidazole rings is 1. The lowest BCUT2D eigenvalue weighted by Crippen LogP contribution is -2.36.